The number of benzene rings is 4. The van der Waals surface area contributed by atoms with Crippen LogP contribution in [0.3, 0.4) is 0 Å². The van der Waals surface area contributed by atoms with E-state index in [1.807, 2.05) is 60.8 Å². The minimum atomic E-state index is -0.505. The minimum Gasteiger partial charge on any atom is -0.493 e. The number of hydrogen-bond donors (Lipinski definition) is 3. The Labute approximate surface area is 279 Å². The molecule has 0 radical (unpaired) electrons. The van der Waals surface area contributed by atoms with Gasteiger partial charge in [0, 0.05) is 37.7 Å². The molecule has 11 heteroatoms. The molecule has 0 atom stereocenters. The van der Waals surface area contributed by atoms with Crippen molar-refractivity contribution >= 4 is 69.3 Å². The fraction of sp³-hybridized carbons (Fsp3) is 0.0857. The highest BCUT2D eigenvalue weighted by molar-refractivity contribution is 8.00. The van der Waals surface area contributed by atoms with Crippen LogP contribution in [0.1, 0.15) is 22.8 Å². The Morgan fingerprint density at radius 1 is 0.891 bits per heavy atom. The van der Waals surface area contributed by atoms with Crippen LogP contribution in [0, 0.1) is 0 Å². The normalized spacial score (nSPS) is 11.0. The van der Waals surface area contributed by atoms with Crippen molar-refractivity contribution in [2.75, 3.05) is 23.0 Å². The van der Waals surface area contributed by atoms with Crippen molar-refractivity contribution in [3.8, 4) is 17.0 Å². The van der Waals surface area contributed by atoms with Crippen LogP contribution in [0.2, 0.25) is 5.02 Å². The fourth-order valence-electron chi connectivity index (χ4n) is 4.25. The number of anilines is 2. The molecule has 0 saturated carbocycles. The van der Waals surface area contributed by atoms with Gasteiger partial charge in [0.15, 0.2) is 5.13 Å². The Morgan fingerprint density at radius 2 is 1.61 bits per heavy atom. The number of para-hydroxylation sites is 1. The first-order chi connectivity index (χ1) is 22.4. The van der Waals surface area contributed by atoms with E-state index in [1.54, 1.807) is 60.7 Å². The Morgan fingerprint density at radius 3 is 2.37 bits per heavy atom. The molecule has 8 nitrogen and oxygen atoms in total. The Balaban J connectivity index is 1.21. The Kier molecular flexibility index (Phi) is 11.2. The monoisotopic (exact) mass is 668 g/mol. The zero-order valence-corrected chi connectivity index (χ0v) is 27.0. The van der Waals surface area contributed by atoms with Crippen LogP contribution < -0.4 is 20.7 Å². The van der Waals surface area contributed by atoms with Crippen molar-refractivity contribution in [3.63, 3.8) is 0 Å². The molecule has 0 bridgehead atoms. The molecule has 0 fully saturated rings. The highest BCUT2D eigenvalue weighted by atomic mass is 35.5. The molecule has 232 valence electrons. The van der Waals surface area contributed by atoms with Crippen LogP contribution in [0.25, 0.3) is 17.3 Å². The molecule has 0 aliphatic heterocycles. The number of nitrogens with zero attached hydrogens (tertiary/aromatic N) is 1. The number of carbonyl (C=O) groups excluding carboxylic acids is 3. The van der Waals surface area contributed by atoms with E-state index in [2.05, 4.69) is 20.9 Å². The lowest BCUT2D eigenvalue weighted by Gasteiger charge is -2.13. The first-order valence-corrected chi connectivity index (χ1v) is 16.5. The van der Waals surface area contributed by atoms with Crippen LogP contribution >= 0.6 is 34.7 Å². The summed E-state index contributed by atoms with van der Waals surface area (Å²) >= 11 is 8.94. The first kappa shape index (κ1) is 32.5. The van der Waals surface area contributed by atoms with Gasteiger partial charge in [-0.3, -0.25) is 14.4 Å². The molecule has 5 rings (SSSR count). The van der Waals surface area contributed by atoms with Gasteiger partial charge in [0.1, 0.15) is 11.4 Å². The lowest BCUT2D eigenvalue weighted by Crippen LogP contribution is -2.30. The van der Waals surface area contributed by atoms with Gasteiger partial charge in [-0.25, -0.2) is 4.98 Å². The van der Waals surface area contributed by atoms with E-state index in [0.717, 1.165) is 10.5 Å². The molecule has 4 aromatic carbocycles. The summed E-state index contributed by atoms with van der Waals surface area (Å²) in [5.41, 5.74) is 3.14. The number of thiazole rings is 1. The van der Waals surface area contributed by atoms with E-state index in [-0.39, 0.29) is 17.4 Å². The number of hydrogen-bond acceptors (Lipinski definition) is 7. The minimum absolute atomic E-state index is 0.0519. The molecule has 5 aromatic rings. The summed E-state index contributed by atoms with van der Waals surface area (Å²) in [6.07, 6.45) is 1.59. The molecule has 0 unspecified atom stereocenters. The molecule has 0 aliphatic carbocycles. The summed E-state index contributed by atoms with van der Waals surface area (Å²) in [6, 6.07) is 30.4. The number of thioether (sulfide) groups is 1. The molecule has 46 heavy (non-hydrogen) atoms. The van der Waals surface area contributed by atoms with Gasteiger partial charge in [-0.15, -0.1) is 23.1 Å². The highest BCUT2D eigenvalue weighted by Crippen LogP contribution is 2.30. The standard InChI is InChI=1S/C35H29ClN4O4S2/c1-2-44-31-15-9-6-12-24(31)20-29(38-33(42)23-10-4-3-5-11-23)34(43)37-25-16-18-26(19-17-25)45-22-32(41)40-35-39-30(21-46-35)27-13-7-8-14-28(27)36/h3-21H,2,22H2,1H3,(H,37,43)(H,38,42)(H,39,40,41)/b29-20-. The average molecular weight is 669 g/mol. The lowest BCUT2D eigenvalue weighted by atomic mass is 10.1. The fourth-order valence-corrected chi connectivity index (χ4v) is 5.90. The number of rotatable bonds is 12. The third-order valence-electron chi connectivity index (χ3n) is 6.43. The second-order valence-corrected chi connectivity index (χ2v) is 12.0. The second kappa shape index (κ2) is 15.9. The molecule has 3 amide bonds. The van der Waals surface area contributed by atoms with Crippen LogP contribution in [0.15, 0.2) is 119 Å². The average Bonchev–Trinajstić information content (AvgIpc) is 3.53. The van der Waals surface area contributed by atoms with Crippen molar-refractivity contribution in [2.45, 2.75) is 11.8 Å². The summed E-state index contributed by atoms with van der Waals surface area (Å²) in [5, 5.41) is 11.4. The van der Waals surface area contributed by atoms with Gasteiger partial charge >= 0.3 is 0 Å². The molecule has 0 saturated heterocycles. The van der Waals surface area contributed by atoms with Crippen LogP contribution in [0.5, 0.6) is 5.75 Å². The van der Waals surface area contributed by atoms with E-state index in [1.165, 1.54) is 23.1 Å². The lowest BCUT2D eigenvalue weighted by molar-refractivity contribution is -0.114. The van der Waals surface area contributed by atoms with Crippen LogP contribution in [0.4, 0.5) is 10.8 Å². The van der Waals surface area contributed by atoms with Gasteiger partial charge in [0.2, 0.25) is 5.91 Å². The van der Waals surface area contributed by atoms with Crippen LogP contribution in [-0.2, 0) is 9.59 Å². The number of nitrogens with one attached hydrogen (secondary N) is 3. The molecular weight excluding hydrogens is 640 g/mol. The van der Waals surface area contributed by atoms with Crippen molar-refractivity contribution in [1.29, 1.82) is 0 Å². The Hall–Kier alpha value is -4.90. The van der Waals surface area contributed by atoms with E-state index >= 15 is 0 Å². The predicted molar refractivity (Wildman–Crippen MR) is 186 cm³/mol. The Bertz CT molecular complexity index is 1860. The molecule has 1 heterocycles. The van der Waals surface area contributed by atoms with Crippen molar-refractivity contribution in [1.82, 2.24) is 10.3 Å². The van der Waals surface area contributed by atoms with Crippen molar-refractivity contribution in [2.24, 2.45) is 0 Å². The third-order valence-corrected chi connectivity index (χ3v) is 8.53. The predicted octanol–water partition coefficient (Wildman–Crippen LogP) is 8.00. The van der Waals surface area contributed by atoms with Gasteiger partial charge < -0.3 is 20.7 Å². The van der Waals surface area contributed by atoms with Gasteiger partial charge in [-0.05, 0) is 61.5 Å². The SMILES string of the molecule is CCOc1ccccc1/C=C(\NC(=O)c1ccccc1)C(=O)Nc1ccc(SCC(=O)Nc2nc(-c3ccccc3Cl)cs2)cc1. The number of aromatic nitrogens is 1. The number of halogens is 1. The molecule has 0 aliphatic rings. The smallest absolute Gasteiger partial charge is 0.272 e. The quantitative estimate of drug-likeness (QED) is 0.0918. The summed E-state index contributed by atoms with van der Waals surface area (Å²) in [6.45, 7) is 2.32. The molecule has 1 aromatic heterocycles. The summed E-state index contributed by atoms with van der Waals surface area (Å²) in [4.78, 5) is 44.3. The molecule has 0 spiro atoms. The highest BCUT2D eigenvalue weighted by Gasteiger charge is 2.17. The maximum Gasteiger partial charge on any atom is 0.272 e. The van der Waals surface area contributed by atoms with Crippen molar-refractivity contribution < 1.29 is 19.1 Å². The van der Waals surface area contributed by atoms with E-state index in [0.29, 0.717) is 45.0 Å². The second-order valence-electron chi connectivity index (χ2n) is 9.68. The maximum absolute atomic E-state index is 13.4. The first-order valence-electron chi connectivity index (χ1n) is 14.2. The zero-order chi connectivity index (χ0) is 32.3. The van der Waals surface area contributed by atoms with Gasteiger partial charge in [0.05, 0.1) is 18.1 Å². The summed E-state index contributed by atoms with van der Waals surface area (Å²) in [7, 11) is 0. The summed E-state index contributed by atoms with van der Waals surface area (Å²) < 4.78 is 5.71. The van der Waals surface area contributed by atoms with Crippen molar-refractivity contribution in [3.05, 3.63) is 130 Å². The van der Waals surface area contributed by atoms with Crippen LogP contribution in [-0.4, -0.2) is 35.1 Å². The maximum atomic E-state index is 13.4. The number of amides is 3. The van der Waals surface area contributed by atoms with E-state index in [9.17, 15) is 14.4 Å². The van der Waals surface area contributed by atoms with Gasteiger partial charge in [0.25, 0.3) is 11.8 Å². The van der Waals surface area contributed by atoms with E-state index in [4.69, 9.17) is 16.3 Å². The molecule has 3 N–H and O–H groups in total. The zero-order valence-electron chi connectivity index (χ0n) is 24.7. The molecular formula is C35H29ClN4O4S2. The van der Waals surface area contributed by atoms with Gasteiger partial charge in [-0.2, -0.15) is 0 Å². The third kappa shape index (κ3) is 8.85. The van der Waals surface area contributed by atoms with E-state index < -0.39 is 11.8 Å². The largest absolute Gasteiger partial charge is 0.493 e. The number of ether oxygens (including phenoxy) is 1. The summed E-state index contributed by atoms with van der Waals surface area (Å²) in [5.74, 6) is -0.359. The number of carbonyl (C=O) groups is 3. The van der Waals surface area contributed by atoms with Gasteiger partial charge in [-0.1, -0.05) is 66.2 Å². The topological polar surface area (TPSA) is 109 Å².